The number of amides is 2. The molecule has 6 heteroatoms. The van der Waals surface area contributed by atoms with Gasteiger partial charge >= 0.3 is 12.0 Å². The topological polar surface area (TPSA) is 72.9 Å². The molecule has 6 nitrogen and oxygen atoms in total. The lowest BCUT2D eigenvalue weighted by Gasteiger charge is -2.35. The first-order valence-electron chi connectivity index (χ1n) is 7.91. The smallest absolute Gasteiger partial charge is 0.317 e. The standard InChI is InChI=1S/C15H29N3O3/c1-17(2)11-6-4-10-16-15(21)18-12-5-3-7-13(18)8-9-14(19)20/h13H,3-12H2,1-2H3,(H,16,21)(H,19,20). The molecule has 1 saturated heterocycles. The first-order valence-corrected chi connectivity index (χ1v) is 7.91. The van der Waals surface area contributed by atoms with Gasteiger partial charge in [-0.1, -0.05) is 0 Å². The lowest BCUT2D eigenvalue weighted by Crippen LogP contribution is -2.49. The van der Waals surface area contributed by atoms with Crippen molar-refractivity contribution in [2.24, 2.45) is 0 Å². The Kier molecular flexibility index (Phi) is 8.12. The number of likely N-dealkylation sites (tertiary alicyclic amines) is 1. The van der Waals surface area contributed by atoms with E-state index in [9.17, 15) is 9.59 Å². The van der Waals surface area contributed by atoms with Crippen LogP contribution in [-0.4, -0.2) is 66.7 Å². The predicted octanol–water partition coefficient (Wildman–Crippen LogP) is 1.76. The molecule has 1 fully saturated rings. The lowest BCUT2D eigenvalue weighted by atomic mass is 9.98. The molecule has 1 unspecified atom stereocenters. The molecule has 2 amide bonds. The summed E-state index contributed by atoms with van der Waals surface area (Å²) in [5.74, 6) is -0.787. The third kappa shape index (κ3) is 7.32. The third-order valence-electron chi connectivity index (χ3n) is 3.89. The molecule has 0 aliphatic carbocycles. The highest BCUT2D eigenvalue weighted by atomic mass is 16.4. The Labute approximate surface area is 127 Å². The van der Waals surface area contributed by atoms with E-state index in [2.05, 4.69) is 10.2 Å². The van der Waals surface area contributed by atoms with Gasteiger partial charge in [-0.3, -0.25) is 4.79 Å². The zero-order valence-electron chi connectivity index (χ0n) is 13.3. The molecule has 0 bridgehead atoms. The molecule has 0 radical (unpaired) electrons. The second-order valence-electron chi connectivity index (χ2n) is 6.02. The number of rotatable bonds is 8. The van der Waals surface area contributed by atoms with E-state index in [-0.39, 0.29) is 18.5 Å². The van der Waals surface area contributed by atoms with Crippen LogP contribution >= 0.6 is 0 Å². The molecule has 122 valence electrons. The van der Waals surface area contributed by atoms with E-state index in [0.717, 1.165) is 45.2 Å². The summed E-state index contributed by atoms with van der Waals surface area (Å²) in [5, 5.41) is 11.8. The third-order valence-corrected chi connectivity index (χ3v) is 3.89. The Morgan fingerprint density at radius 2 is 2.05 bits per heavy atom. The van der Waals surface area contributed by atoms with Gasteiger partial charge in [0.15, 0.2) is 0 Å². The van der Waals surface area contributed by atoms with Crippen LogP contribution in [0.15, 0.2) is 0 Å². The van der Waals surface area contributed by atoms with Gasteiger partial charge in [-0.15, -0.1) is 0 Å². The van der Waals surface area contributed by atoms with Crippen molar-refractivity contribution in [1.82, 2.24) is 15.1 Å². The molecule has 1 rings (SSSR count). The van der Waals surface area contributed by atoms with Crippen LogP contribution in [0.1, 0.15) is 44.9 Å². The molecule has 1 heterocycles. The summed E-state index contributed by atoms with van der Waals surface area (Å²) in [4.78, 5) is 26.9. The fourth-order valence-corrected chi connectivity index (χ4v) is 2.71. The second-order valence-corrected chi connectivity index (χ2v) is 6.02. The van der Waals surface area contributed by atoms with Crippen LogP contribution in [0.4, 0.5) is 4.79 Å². The van der Waals surface area contributed by atoms with E-state index in [1.165, 1.54) is 0 Å². The van der Waals surface area contributed by atoms with Crippen molar-refractivity contribution in [3.05, 3.63) is 0 Å². The minimum Gasteiger partial charge on any atom is -0.481 e. The van der Waals surface area contributed by atoms with Gasteiger partial charge < -0.3 is 20.2 Å². The van der Waals surface area contributed by atoms with Gasteiger partial charge in [0.2, 0.25) is 0 Å². The Morgan fingerprint density at radius 3 is 2.71 bits per heavy atom. The highest BCUT2D eigenvalue weighted by Gasteiger charge is 2.26. The number of nitrogens with zero attached hydrogens (tertiary/aromatic N) is 2. The maximum atomic E-state index is 12.2. The Hall–Kier alpha value is -1.30. The van der Waals surface area contributed by atoms with Crippen molar-refractivity contribution in [2.75, 3.05) is 33.7 Å². The number of carbonyl (C=O) groups excluding carboxylic acids is 1. The molecule has 0 aromatic carbocycles. The normalized spacial score (nSPS) is 18.8. The summed E-state index contributed by atoms with van der Waals surface area (Å²) < 4.78 is 0. The van der Waals surface area contributed by atoms with E-state index in [1.54, 1.807) is 0 Å². The maximum absolute atomic E-state index is 12.2. The lowest BCUT2D eigenvalue weighted by molar-refractivity contribution is -0.137. The number of carboxylic acid groups (broad SMARTS) is 1. The summed E-state index contributed by atoms with van der Waals surface area (Å²) in [6, 6.07) is 0.0477. The molecule has 0 aromatic heterocycles. The van der Waals surface area contributed by atoms with E-state index in [1.807, 2.05) is 19.0 Å². The van der Waals surface area contributed by atoms with Crippen LogP contribution in [0.2, 0.25) is 0 Å². The SMILES string of the molecule is CN(C)CCCCNC(=O)N1CCCCC1CCC(=O)O. The molecule has 1 aliphatic heterocycles. The molecule has 0 spiro atoms. The van der Waals surface area contributed by atoms with Gasteiger partial charge in [0.25, 0.3) is 0 Å². The van der Waals surface area contributed by atoms with Gasteiger partial charge in [0, 0.05) is 25.6 Å². The maximum Gasteiger partial charge on any atom is 0.317 e. The van der Waals surface area contributed by atoms with E-state index < -0.39 is 5.97 Å². The summed E-state index contributed by atoms with van der Waals surface area (Å²) in [6.45, 7) is 2.46. The minimum absolute atomic E-state index is 0.0325. The number of piperidine rings is 1. The fourth-order valence-electron chi connectivity index (χ4n) is 2.71. The quantitative estimate of drug-likeness (QED) is 0.670. The summed E-state index contributed by atoms with van der Waals surface area (Å²) in [6.07, 6.45) is 5.74. The number of carbonyl (C=O) groups is 2. The molecule has 1 atom stereocenters. The first-order chi connectivity index (χ1) is 10.0. The van der Waals surface area contributed by atoms with E-state index >= 15 is 0 Å². The molecule has 0 saturated carbocycles. The van der Waals surface area contributed by atoms with Crippen LogP contribution in [0.25, 0.3) is 0 Å². The van der Waals surface area contributed by atoms with Crippen molar-refractivity contribution in [2.45, 2.75) is 51.0 Å². The van der Waals surface area contributed by atoms with Crippen molar-refractivity contribution < 1.29 is 14.7 Å². The van der Waals surface area contributed by atoms with Crippen molar-refractivity contribution >= 4 is 12.0 Å². The number of unbranched alkanes of at least 4 members (excludes halogenated alkanes) is 1. The average molecular weight is 299 g/mol. The Bertz CT molecular complexity index is 334. The number of urea groups is 1. The van der Waals surface area contributed by atoms with Gasteiger partial charge in [0.1, 0.15) is 0 Å². The van der Waals surface area contributed by atoms with Crippen LogP contribution in [0.5, 0.6) is 0 Å². The van der Waals surface area contributed by atoms with Gasteiger partial charge in [0.05, 0.1) is 0 Å². The van der Waals surface area contributed by atoms with E-state index in [4.69, 9.17) is 5.11 Å². The molecule has 2 N–H and O–H groups in total. The van der Waals surface area contributed by atoms with Gasteiger partial charge in [-0.05, 0) is 59.2 Å². The molecule has 0 aromatic rings. The summed E-state index contributed by atoms with van der Waals surface area (Å²) >= 11 is 0. The monoisotopic (exact) mass is 299 g/mol. The highest BCUT2D eigenvalue weighted by molar-refractivity contribution is 5.74. The second kappa shape index (κ2) is 9.60. The van der Waals surface area contributed by atoms with Crippen LogP contribution in [0, 0.1) is 0 Å². The predicted molar refractivity (Wildman–Crippen MR) is 82.4 cm³/mol. The van der Waals surface area contributed by atoms with E-state index in [0.29, 0.717) is 13.0 Å². The first kappa shape index (κ1) is 17.8. The summed E-state index contributed by atoms with van der Waals surface area (Å²) in [5.41, 5.74) is 0. The zero-order valence-corrected chi connectivity index (χ0v) is 13.3. The highest BCUT2D eigenvalue weighted by Crippen LogP contribution is 2.20. The van der Waals surface area contributed by atoms with Crippen LogP contribution < -0.4 is 5.32 Å². The fraction of sp³-hybridized carbons (Fsp3) is 0.867. The van der Waals surface area contributed by atoms with Crippen LogP contribution in [-0.2, 0) is 4.79 Å². The number of carboxylic acids is 1. The molecule has 21 heavy (non-hydrogen) atoms. The average Bonchev–Trinajstić information content (AvgIpc) is 2.44. The van der Waals surface area contributed by atoms with Crippen molar-refractivity contribution in [3.63, 3.8) is 0 Å². The van der Waals surface area contributed by atoms with Crippen LogP contribution in [0.3, 0.4) is 0 Å². The van der Waals surface area contributed by atoms with Gasteiger partial charge in [-0.25, -0.2) is 4.79 Å². The number of nitrogens with one attached hydrogen (secondary N) is 1. The summed E-state index contributed by atoms with van der Waals surface area (Å²) in [7, 11) is 4.08. The van der Waals surface area contributed by atoms with Crippen molar-refractivity contribution in [3.8, 4) is 0 Å². The van der Waals surface area contributed by atoms with Gasteiger partial charge in [-0.2, -0.15) is 0 Å². The molecular formula is C15H29N3O3. The number of hydrogen-bond acceptors (Lipinski definition) is 3. The largest absolute Gasteiger partial charge is 0.481 e. The minimum atomic E-state index is -0.787. The molecule has 1 aliphatic rings. The Morgan fingerprint density at radius 1 is 1.29 bits per heavy atom. The zero-order chi connectivity index (χ0) is 15.7. The molecular weight excluding hydrogens is 270 g/mol. The van der Waals surface area contributed by atoms with Crippen molar-refractivity contribution in [1.29, 1.82) is 0 Å². The number of aliphatic carboxylic acids is 1. The number of hydrogen-bond donors (Lipinski definition) is 2. The Balaban J connectivity index is 2.30.